The summed E-state index contributed by atoms with van der Waals surface area (Å²) < 4.78 is 30.8. The predicted octanol–water partition coefficient (Wildman–Crippen LogP) is 5.77. The van der Waals surface area contributed by atoms with E-state index in [4.69, 9.17) is 0 Å². The minimum absolute atomic E-state index is 0.0595. The fourth-order valence-electron chi connectivity index (χ4n) is 4.69. The minimum Gasteiger partial charge on any atom is -0.341 e. The Labute approximate surface area is 169 Å². The maximum absolute atomic E-state index is 15.1. The summed E-state index contributed by atoms with van der Waals surface area (Å²) in [6.45, 7) is 1.05. The Balaban J connectivity index is 1.37. The summed E-state index contributed by atoms with van der Waals surface area (Å²) in [5.74, 6) is -2.10. The van der Waals surface area contributed by atoms with Crippen molar-refractivity contribution < 1.29 is 8.78 Å². The van der Waals surface area contributed by atoms with Crippen molar-refractivity contribution >= 4 is 15.9 Å². The first kappa shape index (κ1) is 16.9. The molecule has 28 heavy (non-hydrogen) atoms. The Morgan fingerprint density at radius 1 is 1.04 bits per heavy atom. The van der Waals surface area contributed by atoms with E-state index in [1.807, 2.05) is 6.07 Å². The fourth-order valence-corrected chi connectivity index (χ4v) is 5.05. The van der Waals surface area contributed by atoms with Crippen molar-refractivity contribution in [1.82, 2.24) is 15.3 Å². The zero-order chi connectivity index (χ0) is 19.1. The van der Waals surface area contributed by atoms with Gasteiger partial charge >= 0.3 is 0 Å². The average molecular weight is 442 g/mol. The Bertz CT molecular complexity index is 1120. The second-order valence-electron chi connectivity index (χ2n) is 8.34. The molecule has 3 aliphatic rings. The number of nitrogens with zero attached hydrogens (tertiary/aromatic N) is 1. The highest BCUT2D eigenvalue weighted by Gasteiger charge is 2.49. The number of hydrogen-bond acceptors (Lipinski definition) is 2. The smallest absolute Gasteiger partial charge is 0.299 e. The molecule has 1 aromatic heterocycles. The van der Waals surface area contributed by atoms with E-state index >= 15 is 8.78 Å². The van der Waals surface area contributed by atoms with Crippen LogP contribution in [-0.4, -0.2) is 16.5 Å². The lowest BCUT2D eigenvalue weighted by Crippen LogP contribution is -2.15. The number of alkyl halides is 2. The molecule has 142 valence electrons. The number of imidazole rings is 1. The van der Waals surface area contributed by atoms with Gasteiger partial charge in [-0.05, 0) is 54.0 Å². The van der Waals surface area contributed by atoms with Crippen molar-refractivity contribution in [2.45, 2.75) is 31.2 Å². The van der Waals surface area contributed by atoms with Crippen LogP contribution in [0.5, 0.6) is 0 Å². The highest BCUT2D eigenvalue weighted by molar-refractivity contribution is 9.10. The molecule has 0 bridgehead atoms. The predicted molar refractivity (Wildman–Crippen MR) is 107 cm³/mol. The number of aromatic amines is 1. The first-order valence-corrected chi connectivity index (χ1v) is 10.4. The molecule has 1 aliphatic heterocycles. The van der Waals surface area contributed by atoms with Gasteiger partial charge < -0.3 is 10.3 Å². The first-order chi connectivity index (χ1) is 13.5. The lowest BCUT2D eigenvalue weighted by atomic mass is 10.0. The average Bonchev–Trinajstić information content (AvgIpc) is 3.03. The number of fused-ring (bicyclic) bond motifs is 3. The van der Waals surface area contributed by atoms with E-state index in [9.17, 15) is 0 Å². The summed E-state index contributed by atoms with van der Waals surface area (Å²) >= 11 is 3.31. The standard InChI is InChI=1S/C22H18BrF2N3/c23-13-2-4-15-14-3-1-12(7-16(14)22(24,25)17(15)8-13)19-10-26-20(28-19)18-9-21(5-6-21)11-27-18/h1-4,7-8,10,18,27H,5-6,9,11H2,(H,26,28)/t18-/m0/s1. The van der Waals surface area contributed by atoms with E-state index in [0.717, 1.165) is 30.0 Å². The SMILES string of the molecule is FC1(F)c2cc(Br)ccc2-c2ccc(-c3cnc([C@@H]4CC5(CC5)CN4)[nH]3)cc21. The molecule has 2 fully saturated rings. The second-order valence-corrected chi connectivity index (χ2v) is 9.26. The van der Waals surface area contributed by atoms with E-state index in [1.165, 1.54) is 18.9 Å². The van der Waals surface area contributed by atoms with Crippen LogP contribution in [0.4, 0.5) is 8.78 Å². The van der Waals surface area contributed by atoms with E-state index in [0.29, 0.717) is 21.0 Å². The third-order valence-electron chi connectivity index (χ3n) is 6.52. The number of nitrogens with one attached hydrogen (secondary N) is 2. The maximum atomic E-state index is 15.1. The van der Waals surface area contributed by atoms with Crippen LogP contribution in [0, 0.1) is 5.41 Å². The number of aromatic nitrogens is 2. The van der Waals surface area contributed by atoms with Gasteiger partial charge in [-0.25, -0.2) is 4.98 Å². The molecule has 2 aliphatic carbocycles. The number of benzene rings is 2. The number of hydrogen-bond donors (Lipinski definition) is 2. The van der Waals surface area contributed by atoms with Crippen LogP contribution in [-0.2, 0) is 5.92 Å². The molecule has 1 saturated heterocycles. The van der Waals surface area contributed by atoms with Crippen LogP contribution in [0.15, 0.2) is 47.1 Å². The monoisotopic (exact) mass is 441 g/mol. The van der Waals surface area contributed by atoms with E-state index in [1.54, 1.807) is 30.5 Å². The molecule has 3 nitrogen and oxygen atoms in total. The van der Waals surface area contributed by atoms with Gasteiger partial charge in [0, 0.05) is 27.7 Å². The molecule has 1 saturated carbocycles. The molecule has 1 atom stereocenters. The van der Waals surface area contributed by atoms with E-state index < -0.39 is 5.92 Å². The zero-order valence-corrected chi connectivity index (χ0v) is 16.6. The van der Waals surface area contributed by atoms with Crippen molar-refractivity contribution in [2.75, 3.05) is 6.54 Å². The van der Waals surface area contributed by atoms with Crippen LogP contribution in [0.3, 0.4) is 0 Å². The topological polar surface area (TPSA) is 40.7 Å². The lowest BCUT2D eigenvalue weighted by Gasteiger charge is -2.13. The third-order valence-corrected chi connectivity index (χ3v) is 7.02. The molecule has 2 N–H and O–H groups in total. The summed E-state index contributed by atoms with van der Waals surface area (Å²) in [7, 11) is 0. The molecule has 1 spiro atoms. The van der Waals surface area contributed by atoms with Gasteiger partial charge in [-0.15, -0.1) is 0 Å². The Morgan fingerprint density at radius 2 is 1.79 bits per heavy atom. The Hall–Kier alpha value is -2.05. The first-order valence-electron chi connectivity index (χ1n) is 9.57. The van der Waals surface area contributed by atoms with Crippen LogP contribution >= 0.6 is 15.9 Å². The highest BCUT2D eigenvalue weighted by Crippen LogP contribution is 2.55. The molecule has 6 rings (SSSR count). The van der Waals surface area contributed by atoms with Gasteiger partial charge in [-0.1, -0.05) is 34.1 Å². The molecule has 6 heteroatoms. The number of halogens is 3. The molecular formula is C22H18BrF2N3. The van der Waals surface area contributed by atoms with Crippen LogP contribution < -0.4 is 5.32 Å². The van der Waals surface area contributed by atoms with Gasteiger partial charge in [-0.2, -0.15) is 8.78 Å². The Kier molecular flexibility index (Phi) is 3.32. The van der Waals surface area contributed by atoms with Gasteiger partial charge in [0.25, 0.3) is 5.92 Å². The highest BCUT2D eigenvalue weighted by atomic mass is 79.9. The molecule has 0 radical (unpaired) electrons. The Morgan fingerprint density at radius 3 is 2.54 bits per heavy atom. The van der Waals surface area contributed by atoms with Crippen LogP contribution in [0.25, 0.3) is 22.4 Å². The molecule has 2 heterocycles. The largest absolute Gasteiger partial charge is 0.341 e. The second kappa shape index (κ2) is 5.51. The van der Waals surface area contributed by atoms with Crippen molar-refractivity contribution in [2.24, 2.45) is 5.41 Å². The van der Waals surface area contributed by atoms with Crippen molar-refractivity contribution in [3.05, 3.63) is 64.0 Å². The van der Waals surface area contributed by atoms with Gasteiger partial charge in [0.1, 0.15) is 5.82 Å². The zero-order valence-electron chi connectivity index (χ0n) is 15.0. The van der Waals surface area contributed by atoms with Crippen molar-refractivity contribution in [1.29, 1.82) is 0 Å². The summed E-state index contributed by atoms with van der Waals surface area (Å²) in [6, 6.07) is 10.6. The third kappa shape index (κ3) is 2.37. The fraction of sp³-hybridized carbons (Fsp3) is 0.318. The molecule has 0 amide bonds. The van der Waals surface area contributed by atoms with Gasteiger partial charge in [0.15, 0.2) is 0 Å². The maximum Gasteiger partial charge on any atom is 0.299 e. The summed E-state index contributed by atoms with van der Waals surface area (Å²) in [5, 5.41) is 3.54. The molecule has 3 aromatic rings. The van der Waals surface area contributed by atoms with E-state index in [2.05, 4.69) is 31.2 Å². The van der Waals surface area contributed by atoms with E-state index in [-0.39, 0.29) is 17.2 Å². The van der Waals surface area contributed by atoms with Crippen molar-refractivity contribution in [3.63, 3.8) is 0 Å². The van der Waals surface area contributed by atoms with Crippen LogP contribution in [0.2, 0.25) is 0 Å². The number of rotatable bonds is 2. The van der Waals surface area contributed by atoms with Crippen LogP contribution in [0.1, 0.15) is 42.3 Å². The molecule has 2 aromatic carbocycles. The summed E-state index contributed by atoms with van der Waals surface area (Å²) in [6.07, 6.45) is 5.45. The van der Waals surface area contributed by atoms with Crippen molar-refractivity contribution in [3.8, 4) is 22.4 Å². The summed E-state index contributed by atoms with van der Waals surface area (Å²) in [5.41, 5.74) is 3.32. The lowest BCUT2D eigenvalue weighted by molar-refractivity contribution is 0.0480. The molecule has 0 unspecified atom stereocenters. The van der Waals surface area contributed by atoms with Gasteiger partial charge in [-0.3, -0.25) is 0 Å². The summed E-state index contributed by atoms with van der Waals surface area (Å²) in [4.78, 5) is 7.90. The number of H-pyrrole nitrogens is 1. The quantitative estimate of drug-likeness (QED) is 0.529. The van der Waals surface area contributed by atoms with Gasteiger partial charge in [0.05, 0.1) is 17.9 Å². The van der Waals surface area contributed by atoms with Gasteiger partial charge in [0.2, 0.25) is 0 Å². The normalized spacial score (nSPS) is 23.0. The molecular weight excluding hydrogens is 424 g/mol. The minimum atomic E-state index is -3.00.